The second-order valence-corrected chi connectivity index (χ2v) is 8.68. The standard InChI is InChI=1S/C28H26F2N4O3/c1-36-25-10-6-5-9-22(25)26(35)32-18-28(23-17-20(29)11-12-24(23)30)13-15-34(16-14-28)27(33-19-31)37-21-7-3-2-4-8-21/h2-12,17H,13-16,18H2,1H3,(H,32,35)/b33-27+. The molecule has 1 amide bonds. The van der Waals surface area contributed by atoms with Gasteiger partial charge in [-0.2, -0.15) is 5.26 Å². The summed E-state index contributed by atoms with van der Waals surface area (Å²) in [5.74, 6) is -0.554. The number of methoxy groups -OCH3 is 1. The van der Waals surface area contributed by atoms with Crippen molar-refractivity contribution in [3.63, 3.8) is 0 Å². The van der Waals surface area contributed by atoms with E-state index >= 15 is 4.39 Å². The maximum atomic E-state index is 15.0. The van der Waals surface area contributed by atoms with Gasteiger partial charge in [0, 0.05) is 25.0 Å². The molecule has 1 N–H and O–H groups in total. The predicted molar refractivity (Wildman–Crippen MR) is 134 cm³/mol. The number of ether oxygens (including phenoxy) is 2. The van der Waals surface area contributed by atoms with E-state index in [1.165, 1.54) is 13.2 Å². The van der Waals surface area contributed by atoms with E-state index < -0.39 is 17.0 Å². The molecule has 0 aliphatic carbocycles. The van der Waals surface area contributed by atoms with Crippen molar-refractivity contribution in [3.05, 3.63) is 95.6 Å². The molecule has 4 rings (SSSR count). The summed E-state index contributed by atoms with van der Waals surface area (Å²) < 4.78 is 40.4. The van der Waals surface area contributed by atoms with E-state index in [1.54, 1.807) is 59.6 Å². The van der Waals surface area contributed by atoms with E-state index in [0.29, 0.717) is 43.0 Å². The third-order valence-corrected chi connectivity index (χ3v) is 6.53. The van der Waals surface area contributed by atoms with Crippen molar-refractivity contribution in [2.45, 2.75) is 18.3 Å². The van der Waals surface area contributed by atoms with Crippen LogP contribution in [0.2, 0.25) is 0 Å². The highest BCUT2D eigenvalue weighted by molar-refractivity contribution is 5.97. The average Bonchev–Trinajstić information content (AvgIpc) is 2.93. The molecule has 1 aliphatic rings. The number of aliphatic imine (C=N–C) groups is 1. The lowest BCUT2D eigenvalue weighted by atomic mass is 9.72. The molecule has 1 saturated heterocycles. The van der Waals surface area contributed by atoms with E-state index in [-0.39, 0.29) is 24.0 Å². The van der Waals surface area contributed by atoms with Crippen molar-refractivity contribution in [1.29, 1.82) is 5.26 Å². The number of likely N-dealkylation sites (tertiary alicyclic amines) is 1. The molecule has 3 aromatic rings. The number of hydrogen-bond acceptors (Lipinski definition) is 5. The first kappa shape index (κ1) is 25.6. The Kier molecular flexibility index (Phi) is 7.98. The van der Waals surface area contributed by atoms with Crippen LogP contribution in [0.4, 0.5) is 8.78 Å². The molecule has 37 heavy (non-hydrogen) atoms. The van der Waals surface area contributed by atoms with Gasteiger partial charge < -0.3 is 19.7 Å². The number of benzene rings is 3. The summed E-state index contributed by atoms with van der Waals surface area (Å²) in [5, 5.41) is 12.1. The Morgan fingerprint density at radius 1 is 1.08 bits per heavy atom. The summed E-state index contributed by atoms with van der Waals surface area (Å²) in [6, 6.07) is 19.2. The Labute approximate surface area is 214 Å². The molecule has 1 aliphatic heterocycles. The Morgan fingerprint density at radius 3 is 2.49 bits per heavy atom. The Balaban J connectivity index is 1.57. The predicted octanol–water partition coefficient (Wildman–Crippen LogP) is 4.65. The van der Waals surface area contributed by atoms with Crippen molar-refractivity contribution in [1.82, 2.24) is 10.2 Å². The van der Waals surface area contributed by atoms with Gasteiger partial charge in [-0.25, -0.2) is 8.78 Å². The molecule has 0 saturated carbocycles. The number of nitrogens with one attached hydrogen (secondary N) is 1. The number of amidine groups is 1. The number of carbonyl (C=O) groups excluding carboxylic acids is 1. The fourth-order valence-electron chi connectivity index (χ4n) is 4.54. The van der Waals surface area contributed by atoms with Crippen LogP contribution >= 0.6 is 0 Å². The molecule has 0 unspecified atom stereocenters. The molecular weight excluding hydrogens is 478 g/mol. The van der Waals surface area contributed by atoms with Crippen LogP contribution in [-0.2, 0) is 5.41 Å². The van der Waals surface area contributed by atoms with Crippen molar-refractivity contribution < 1.29 is 23.0 Å². The second kappa shape index (κ2) is 11.5. The Bertz CT molecular complexity index is 1320. The van der Waals surface area contributed by atoms with Crippen molar-refractivity contribution in [3.8, 4) is 17.7 Å². The zero-order valence-corrected chi connectivity index (χ0v) is 20.3. The van der Waals surface area contributed by atoms with Crippen molar-refractivity contribution in [2.24, 2.45) is 4.99 Å². The van der Waals surface area contributed by atoms with Gasteiger partial charge in [0.15, 0.2) is 0 Å². The largest absolute Gasteiger partial charge is 0.496 e. The summed E-state index contributed by atoms with van der Waals surface area (Å²) in [4.78, 5) is 18.6. The minimum atomic E-state index is -0.898. The first-order valence-corrected chi connectivity index (χ1v) is 11.8. The van der Waals surface area contributed by atoms with Crippen LogP contribution in [0.15, 0.2) is 77.8 Å². The van der Waals surface area contributed by atoms with E-state index in [2.05, 4.69) is 10.3 Å². The third kappa shape index (κ3) is 5.86. The molecule has 1 heterocycles. The van der Waals surface area contributed by atoms with Crippen LogP contribution in [0.3, 0.4) is 0 Å². The Hall–Kier alpha value is -4.45. The number of nitriles is 1. The molecule has 9 heteroatoms. The summed E-state index contributed by atoms with van der Waals surface area (Å²) in [6.45, 7) is 0.754. The van der Waals surface area contributed by atoms with E-state index in [4.69, 9.17) is 9.47 Å². The van der Waals surface area contributed by atoms with Gasteiger partial charge in [-0.15, -0.1) is 4.99 Å². The lowest BCUT2D eigenvalue weighted by Crippen LogP contribution is -2.51. The summed E-state index contributed by atoms with van der Waals surface area (Å²) >= 11 is 0. The zero-order valence-electron chi connectivity index (χ0n) is 20.3. The van der Waals surface area contributed by atoms with Crippen molar-refractivity contribution >= 4 is 11.9 Å². The molecule has 3 aromatic carbocycles. The minimum Gasteiger partial charge on any atom is -0.496 e. The maximum Gasteiger partial charge on any atom is 0.308 e. The van der Waals surface area contributed by atoms with Crippen LogP contribution in [0.25, 0.3) is 0 Å². The number of halogens is 2. The van der Waals surface area contributed by atoms with Gasteiger partial charge in [0.05, 0.1) is 12.7 Å². The van der Waals surface area contributed by atoms with Crippen LogP contribution in [-0.4, -0.2) is 43.6 Å². The first-order valence-electron chi connectivity index (χ1n) is 11.8. The van der Waals surface area contributed by atoms with Gasteiger partial charge in [0.1, 0.15) is 23.1 Å². The SMILES string of the molecule is COc1ccccc1C(=O)NCC1(c2cc(F)ccc2F)CCN(/C(=N\C#N)Oc2ccccc2)CC1. The van der Waals surface area contributed by atoms with E-state index in [9.17, 15) is 14.4 Å². The smallest absolute Gasteiger partial charge is 0.308 e. The van der Waals surface area contributed by atoms with Gasteiger partial charge in [-0.1, -0.05) is 30.3 Å². The molecule has 0 bridgehead atoms. The van der Waals surface area contributed by atoms with Crippen LogP contribution in [0.5, 0.6) is 11.5 Å². The summed E-state index contributed by atoms with van der Waals surface area (Å²) in [5.41, 5.74) is -0.363. The van der Waals surface area contributed by atoms with Gasteiger partial charge in [-0.3, -0.25) is 4.79 Å². The number of piperidine rings is 1. The topological polar surface area (TPSA) is 87.0 Å². The fourth-order valence-corrected chi connectivity index (χ4v) is 4.54. The van der Waals surface area contributed by atoms with Gasteiger partial charge in [-0.05, 0) is 60.9 Å². The highest BCUT2D eigenvalue weighted by Gasteiger charge is 2.40. The molecule has 190 valence electrons. The van der Waals surface area contributed by atoms with Crippen LogP contribution in [0, 0.1) is 23.1 Å². The first-order chi connectivity index (χ1) is 18.0. The molecule has 0 atom stereocenters. The number of para-hydroxylation sites is 2. The highest BCUT2D eigenvalue weighted by Crippen LogP contribution is 2.37. The van der Waals surface area contributed by atoms with Gasteiger partial charge in [0.2, 0.25) is 6.19 Å². The quantitative estimate of drug-likeness (QED) is 0.300. The lowest BCUT2D eigenvalue weighted by Gasteiger charge is -2.42. The molecule has 7 nitrogen and oxygen atoms in total. The number of hydrogen-bond donors (Lipinski definition) is 1. The fraction of sp³-hybridized carbons (Fsp3) is 0.250. The third-order valence-electron chi connectivity index (χ3n) is 6.53. The summed E-state index contributed by atoms with van der Waals surface area (Å²) in [6.07, 6.45) is 2.47. The van der Waals surface area contributed by atoms with Crippen molar-refractivity contribution in [2.75, 3.05) is 26.7 Å². The maximum absolute atomic E-state index is 15.0. The molecule has 0 aromatic heterocycles. The Morgan fingerprint density at radius 2 is 1.78 bits per heavy atom. The molecule has 1 fully saturated rings. The minimum absolute atomic E-state index is 0.0718. The normalized spacial score (nSPS) is 15.0. The number of nitrogens with zero attached hydrogens (tertiary/aromatic N) is 3. The highest BCUT2D eigenvalue weighted by atomic mass is 19.1. The van der Waals surface area contributed by atoms with Gasteiger partial charge in [0.25, 0.3) is 5.91 Å². The number of rotatable bonds is 6. The number of amides is 1. The molecular formula is C28H26F2N4O3. The second-order valence-electron chi connectivity index (χ2n) is 8.68. The molecule has 0 radical (unpaired) electrons. The average molecular weight is 505 g/mol. The van der Waals surface area contributed by atoms with E-state index in [1.807, 2.05) is 6.07 Å². The summed E-state index contributed by atoms with van der Waals surface area (Å²) in [7, 11) is 1.48. The monoisotopic (exact) mass is 504 g/mol. The number of carbonyl (C=O) groups is 1. The van der Waals surface area contributed by atoms with Crippen LogP contribution < -0.4 is 14.8 Å². The molecule has 0 spiro atoms. The zero-order chi connectivity index (χ0) is 26.3. The van der Waals surface area contributed by atoms with Gasteiger partial charge >= 0.3 is 6.02 Å². The van der Waals surface area contributed by atoms with Crippen LogP contribution in [0.1, 0.15) is 28.8 Å². The lowest BCUT2D eigenvalue weighted by molar-refractivity contribution is 0.0926. The van der Waals surface area contributed by atoms with E-state index in [0.717, 1.165) is 12.1 Å².